The Labute approximate surface area is 105 Å². The van der Waals surface area contributed by atoms with Gasteiger partial charge in [-0.1, -0.05) is 0 Å². The number of aliphatic hydroxyl groups excluding tert-OH is 1. The molecule has 0 fully saturated rings. The van der Waals surface area contributed by atoms with Crippen LogP contribution in [0, 0.1) is 0 Å². The number of nitrogen functional groups attached to an aromatic ring is 1. The van der Waals surface area contributed by atoms with Crippen LogP contribution in [0.15, 0.2) is 23.1 Å². The van der Waals surface area contributed by atoms with Crippen LogP contribution in [0.5, 0.6) is 0 Å². The highest BCUT2D eigenvalue weighted by molar-refractivity contribution is 7.89. The van der Waals surface area contributed by atoms with Crippen molar-refractivity contribution in [2.24, 2.45) is 0 Å². The van der Waals surface area contributed by atoms with Crippen molar-refractivity contribution < 1.29 is 23.4 Å². The summed E-state index contributed by atoms with van der Waals surface area (Å²) in [6.45, 7) is -0.384. The Morgan fingerprint density at radius 2 is 2.06 bits per heavy atom. The number of hydrogen-bond donors (Lipinski definition) is 3. The first-order chi connectivity index (χ1) is 8.30. The van der Waals surface area contributed by atoms with E-state index < -0.39 is 16.0 Å². The van der Waals surface area contributed by atoms with Gasteiger partial charge in [0.15, 0.2) is 0 Å². The third kappa shape index (κ3) is 2.78. The maximum absolute atomic E-state index is 12.0. The van der Waals surface area contributed by atoms with Crippen molar-refractivity contribution in [3.05, 3.63) is 23.8 Å². The number of nitrogens with zero attached hydrogens (tertiary/aromatic N) is 1. The van der Waals surface area contributed by atoms with Crippen molar-refractivity contribution >= 4 is 21.7 Å². The summed E-state index contributed by atoms with van der Waals surface area (Å²) < 4.78 is 25.0. The van der Waals surface area contributed by atoms with Crippen LogP contribution in [0.25, 0.3) is 0 Å². The third-order valence-corrected chi connectivity index (χ3v) is 4.29. The first-order valence-corrected chi connectivity index (χ1v) is 6.44. The van der Waals surface area contributed by atoms with E-state index in [1.165, 1.54) is 13.1 Å². The van der Waals surface area contributed by atoms with E-state index in [1.54, 1.807) is 0 Å². The first kappa shape index (κ1) is 14.4. The molecule has 0 radical (unpaired) electrons. The van der Waals surface area contributed by atoms with Gasteiger partial charge in [0.05, 0.1) is 17.9 Å². The molecule has 7 nitrogen and oxygen atoms in total. The Morgan fingerprint density at radius 3 is 2.50 bits per heavy atom. The lowest BCUT2D eigenvalue weighted by atomic mass is 10.2. The molecular weight excluding hydrogens is 260 g/mol. The maximum atomic E-state index is 12.0. The van der Waals surface area contributed by atoms with Crippen molar-refractivity contribution in [3.63, 3.8) is 0 Å². The Bertz CT molecular complexity index is 555. The van der Waals surface area contributed by atoms with Crippen LogP contribution in [0.1, 0.15) is 10.4 Å². The summed E-state index contributed by atoms with van der Waals surface area (Å²) in [7, 11) is -2.52. The van der Waals surface area contributed by atoms with E-state index in [2.05, 4.69) is 0 Å². The van der Waals surface area contributed by atoms with E-state index in [9.17, 15) is 13.2 Å². The van der Waals surface area contributed by atoms with Crippen LogP contribution in [-0.4, -0.2) is 49.1 Å². The number of anilines is 1. The third-order valence-electron chi connectivity index (χ3n) is 2.36. The molecule has 0 spiro atoms. The maximum Gasteiger partial charge on any atom is 0.335 e. The molecule has 0 saturated heterocycles. The summed E-state index contributed by atoms with van der Waals surface area (Å²) in [6.07, 6.45) is 0. The predicted octanol–water partition coefficient (Wildman–Crippen LogP) is -0.420. The molecule has 1 aromatic carbocycles. The minimum Gasteiger partial charge on any atom is -0.478 e. The molecular formula is C10H14N2O5S. The van der Waals surface area contributed by atoms with E-state index >= 15 is 0 Å². The van der Waals surface area contributed by atoms with Gasteiger partial charge in [0.1, 0.15) is 4.90 Å². The van der Waals surface area contributed by atoms with Gasteiger partial charge in [0, 0.05) is 13.6 Å². The molecule has 0 amide bonds. The number of carboxylic acids is 1. The summed E-state index contributed by atoms with van der Waals surface area (Å²) in [6, 6.07) is 3.39. The Hall–Kier alpha value is -1.64. The fourth-order valence-electron chi connectivity index (χ4n) is 1.35. The fraction of sp³-hybridized carbons (Fsp3) is 0.300. The van der Waals surface area contributed by atoms with Gasteiger partial charge in [-0.2, -0.15) is 4.31 Å². The van der Waals surface area contributed by atoms with Crippen LogP contribution in [-0.2, 0) is 10.0 Å². The van der Waals surface area contributed by atoms with Crippen molar-refractivity contribution in [2.75, 3.05) is 25.9 Å². The number of aliphatic hydroxyl groups is 1. The zero-order chi connectivity index (χ0) is 13.9. The molecule has 0 saturated carbocycles. The average Bonchev–Trinajstić information content (AvgIpc) is 2.28. The molecule has 0 aromatic heterocycles. The van der Waals surface area contributed by atoms with Gasteiger partial charge in [-0.05, 0) is 18.2 Å². The number of hydrogen-bond acceptors (Lipinski definition) is 5. The highest BCUT2D eigenvalue weighted by atomic mass is 32.2. The van der Waals surface area contributed by atoms with E-state index in [4.69, 9.17) is 15.9 Å². The molecule has 4 N–H and O–H groups in total. The number of carbonyl (C=O) groups is 1. The molecule has 0 aliphatic heterocycles. The molecule has 8 heteroatoms. The zero-order valence-electron chi connectivity index (χ0n) is 9.70. The van der Waals surface area contributed by atoms with Gasteiger partial charge in [0.2, 0.25) is 10.0 Å². The Morgan fingerprint density at radius 1 is 1.44 bits per heavy atom. The number of aromatic carboxylic acids is 1. The number of likely N-dealkylation sites (N-methyl/N-ethyl adjacent to an activating group) is 1. The molecule has 100 valence electrons. The van der Waals surface area contributed by atoms with Crippen LogP contribution < -0.4 is 5.73 Å². The molecule has 0 atom stereocenters. The van der Waals surface area contributed by atoms with Gasteiger partial charge < -0.3 is 15.9 Å². The SMILES string of the molecule is CN(CCO)S(=O)(=O)c1ccc(C(=O)O)cc1N. The summed E-state index contributed by atoms with van der Waals surface area (Å²) in [5.74, 6) is -1.19. The second-order valence-electron chi connectivity index (χ2n) is 3.61. The van der Waals surface area contributed by atoms with Crippen LogP contribution in [0.4, 0.5) is 5.69 Å². The highest BCUT2D eigenvalue weighted by Gasteiger charge is 2.23. The molecule has 1 rings (SSSR count). The number of sulfonamides is 1. The van der Waals surface area contributed by atoms with Crippen LogP contribution in [0.3, 0.4) is 0 Å². The van der Waals surface area contributed by atoms with Crippen molar-refractivity contribution in [1.29, 1.82) is 0 Å². The monoisotopic (exact) mass is 274 g/mol. The normalized spacial score (nSPS) is 11.7. The quantitative estimate of drug-likeness (QED) is 0.627. The zero-order valence-corrected chi connectivity index (χ0v) is 10.5. The van der Waals surface area contributed by atoms with Gasteiger partial charge in [-0.3, -0.25) is 0 Å². The summed E-state index contributed by atoms with van der Waals surface area (Å²) in [5.41, 5.74) is 5.32. The van der Waals surface area contributed by atoms with Gasteiger partial charge in [-0.25, -0.2) is 13.2 Å². The minimum atomic E-state index is -3.82. The van der Waals surface area contributed by atoms with Gasteiger partial charge >= 0.3 is 5.97 Å². The fourth-order valence-corrected chi connectivity index (χ4v) is 2.60. The minimum absolute atomic E-state index is 0.0670. The number of carboxylic acid groups (broad SMARTS) is 1. The van der Waals surface area contributed by atoms with Gasteiger partial charge in [0.25, 0.3) is 0 Å². The molecule has 0 bridgehead atoms. The van der Waals surface area contributed by atoms with Crippen molar-refractivity contribution in [2.45, 2.75) is 4.90 Å². The standard InChI is InChI=1S/C10H14N2O5S/c1-12(4-5-13)18(16,17)9-3-2-7(10(14)15)6-8(9)11/h2-3,6,13H,4-5,11H2,1H3,(H,14,15). The summed E-state index contributed by atoms with van der Waals surface area (Å²) in [4.78, 5) is 10.5. The van der Waals surface area contributed by atoms with Crippen molar-refractivity contribution in [1.82, 2.24) is 4.31 Å². The number of rotatable bonds is 5. The highest BCUT2D eigenvalue weighted by Crippen LogP contribution is 2.22. The van der Waals surface area contributed by atoms with E-state index in [-0.39, 0.29) is 29.3 Å². The largest absolute Gasteiger partial charge is 0.478 e. The van der Waals surface area contributed by atoms with Gasteiger partial charge in [-0.15, -0.1) is 0 Å². The Balaban J connectivity index is 3.22. The molecule has 0 heterocycles. The number of benzene rings is 1. The molecule has 0 aliphatic carbocycles. The lowest BCUT2D eigenvalue weighted by Crippen LogP contribution is -2.30. The smallest absolute Gasteiger partial charge is 0.335 e. The van der Waals surface area contributed by atoms with E-state index in [0.29, 0.717) is 0 Å². The Kier molecular flexibility index (Phi) is 4.28. The summed E-state index contributed by atoms with van der Waals surface area (Å²) in [5, 5.41) is 17.5. The van der Waals surface area contributed by atoms with Crippen LogP contribution in [0.2, 0.25) is 0 Å². The second-order valence-corrected chi connectivity index (χ2v) is 5.62. The number of nitrogens with two attached hydrogens (primary N) is 1. The average molecular weight is 274 g/mol. The van der Waals surface area contributed by atoms with Crippen molar-refractivity contribution in [3.8, 4) is 0 Å². The molecule has 0 unspecified atom stereocenters. The predicted molar refractivity (Wildman–Crippen MR) is 64.7 cm³/mol. The molecule has 0 aliphatic rings. The lowest BCUT2D eigenvalue weighted by Gasteiger charge is -2.17. The molecule has 1 aromatic rings. The van der Waals surface area contributed by atoms with E-state index in [1.807, 2.05) is 0 Å². The molecule has 18 heavy (non-hydrogen) atoms. The first-order valence-electron chi connectivity index (χ1n) is 5.00. The van der Waals surface area contributed by atoms with Crippen LogP contribution >= 0.6 is 0 Å². The topological polar surface area (TPSA) is 121 Å². The second kappa shape index (κ2) is 5.34. The lowest BCUT2D eigenvalue weighted by molar-refractivity contribution is 0.0697. The summed E-state index contributed by atoms with van der Waals surface area (Å²) >= 11 is 0. The van der Waals surface area contributed by atoms with E-state index in [0.717, 1.165) is 16.4 Å².